The Bertz CT molecular complexity index is 988. The average Bonchev–Trinajstić information content (AvgIpc) is 3.04. The van der Waals surface area contributed by atoms with E-state index >= 15 is 0 Å². The molecule has 152 valence electrons. The van der Waals surface area contributed by atoms with Crippen LogP contribution in [-0.2, 0) is 11.0 Å². The number of nitrogen functional groups attached to an aromatic ring is 1. The number of hydrogen-bond acceptors (Lipinski definition) is 6. The van der Waals surface area contributed by atoms with Gasteiger partial charge in [-0.05, 0) is 43.3 Å². The molecule has 1 heterocycles. The molecule has 29 heavy (non-hydrogen) atoms. The number of carbonyl (C=O) groups excluding carboxylic acids is 1. The van der Waals surface area contributed by atoms with E-state index in [1.54, 1.807) is 24.3 Å². The molecule has 1 amide bonds. The summed E-state index contributed by atoms with van der Waals surface area (Å²) in [4.78, 5) is 12.0. The summed E-state index contributed by atoms with van der Waals surface area (Å²) in [7, 11) is 0. The molecule has 0 aliphatic rings. The Morgan fingerprint density at radius 1 is 1.10 bits per heavy atom. The van der Waals surface area contributed by atoms with Crippen LogP contribution >= 0.6 is 11.8 Å². The molecule has 0 unspecified atom stereocenters. The number of benzene rings is 2. The van der Waals surface area contributed by atoms with Gasteiger partial charge in [-0.1, -0.05) is 29.5 Å². The monoisotopic (exact) mass is 423 g/mol. The van der Waals surface area contributed by atoms with Crippen molar-refractivity contribution in [3.63, 3.8) is 0 Å². The van der Waals surface area contributed by atoms with Gasteiger partial charge in [0.15, 0.2) is 0 Å². The minimum absolute atomic E-state index is 0.186. The zero-order valence-electron chi connectivity index (χ0n) is 15.1. The largest absolute Gasteiger partial charge is 0.457 e. The van der Waals surface area contributed by atoms with E-state index in [1.165, 1.54) is 0 Å². The quantitative estimate of drug-likeness (QED) is 0.462. The fourth-order valence-corrected chi connectivity index (χ4v) is 2.90. The zero-order chi connectivity index (χ0) is 21.0. The fourth-order valence-electron chi connectivity index (χ4n) is 2.24. The number of ether oxygens (including phenoxy) is 1. The van der Waals surface area contributed by atoms with Crippen molar-refractivity contribution in [1.82, 2.24) is 14.9 Å². The molecule has 0 saturated carbocycles. The van der Waals surface area contributed by atoms with Crippen molar-refractivity contribution in [1.29, 1.82) is 0 Å². The molecule has 0 fully saturated rings. The standard InChI is InChI=1S/C18H16F3N5O2S/c1-11-2-6-13(7-3-11)28-14-8-4-12(5-9-14)23-15(27)10-29-17-25-24-16(26(17)22)18(19,20)21/h2-9H,10,22H2,1H3,(H,23,27). The molecule has 0 spiro atoms. The number of rotatable bonds is 6. The molecule has 11 heteroatoms. The van der Waals surface area contributed by atoms with E-state index in [0.717, 1.165) is 17.3 Å². The summed E-state index contributed by atoms with van der Waals surface area (Å²) in [6.07, 6.45) is -4.72. The van der Waals surface area contributed by atoms with Gasteiger partial charge >= 0.3 is 6.18 Å². The lowest BCUT2D eigenvalue weighted by molar-refractivity contribution is -0.146. The number of halogens is 3. The van der Waals surface area contributed by atoms with Crippen LogP contribution in [0, 0.1) is 6.92 Å². The van der Waals surface area contributed by atoms with E-state index in [-0.39, 0.29) is 10.9 Å². The number of anilines is 1. The normalized spacial score (nSPS) is 11.3. The van der Waals surface area contributed by atoms with E-state index in [4.69, 9.17) is 10.6 Å². The van der Waals surface area contributed by atoms with E-state index < -0.39 is 17.9 Å². The molecule has 7 nitrogen and oxygen atoms in total. The van der Waals surface area contributed by atoms with Crippen molar-refractivity contribution in [2.75, 3.05) is 16.9 Å². The minimum Gasteiger partial charge on any atom is -0.457 e. The van der Waals surface area contributed by atoms with Crippen LogP contribution < -0.4 is 15.9 Å². The van der Waals surface area contributed by atoms with Gasteiger partial charge in [-0.3, -0.25) is 4.79 Å². The third kappa shape index (κ3) is 5.41. The number of hydrogen-bond donors (Lipinski definition) is 2. The molecule has 0 saturated heterocycles. The van der Waals surface area contributed by atoms with Gasteiger partial charge in [-0.2, -0.15) is 13.2 Å². The first-order chi connectivity index (χ1) is 13.7. The third-order valence-corrected chi connectivity index (χ3v) is 4.59. The molecule has 1 aromatic heterocycles. The molecule has 2 aromatic carbocycles. The van der Waals surface area contributed by atoms with Crippen molar-refractivity contribution in [3.8, 4) is 11.5 Å². The van der Waals surface area contributed by atoms with Crippen LogP contribution in [0.2, 0.25) is 0 Å². The molecule has 0 radical (unpaired) electrons. The summed E-state index contributed by atoms with van der Waals surface area (Å²) in [6.45, 7) is 1.98. The first-order valence-corrected chi connectivity index (χ1v) is 9.26. The molecule has 0 bridgehead atoms. The van der Waals surface area contributed by atoms with Crippen LogP contribution in [0.4, 0.5) is 18.9 Å². The minimum atomic E-state index is -4.72. The maximum Gasteiger partial charge on any atom is 0.453 e. The van der Waals surface area contributed by atoms with Crippen LogP contribution in [0.15, 0.2) is 53.7 Å². The van der Waals surface area contributed by atoms with Gasteiger partial charge in [0.05, 0.1) is 5.75 Å². The number of aryl methyl sites for hydroxylation is 1. The average molecular weight is 423 g/mol. The molecule has 3 aromatic rings. The number of thioether (sulfide) groups is 1. The first kappa shape index (κ1) is 20.5. The molecular weight excluding hydrogens is 407 g/mol. The molecular formula is C18H16F3N5O2S. The van der Waals surface area contributed by atoms with Crippen LogP contribution in [0.25, 0.3) is 0 Å². The van der Waals surface area contributed by atoms with Gasteiger partial charge < -0.3 is 15.9 Å². The Morgan fingerprint density at radius 2 is 1.69 bits per heavy atom. The Labute approximate surface area is 168 Å². The Kier molecular flexibility index (Phi) is 5.97. The lowest BCUT2D eigenvalue weighted by atomic mass is 10.2. The predicted octanol–water partition coefficient (Wildman–Crippen LogP) is 3.84. The van der Waals surface area contributed by atoms with Crippen molar-refractivity contribution >= 4 is 23.4 Å². The number of amides is 1. The van der Waals surface area contributed by atoms with Crippen LogP contribution in [-0.4, -0.2) is 26.5 Å². The van der Waals surface area contributed by atoms with E-state index in [2.05, 4.69) is 15.5 Å². The van der Waals surface area contributed by atoms with Gasteiger partial charge in [0.1, 0.15) is 11.5 Å². The van der Waals surface area contributed by atoms with Gasteiger partial charge in [-0.15, -0.1) is 10.2 Å². The highest BCUT2D eigenvalue weighted by molar-refractivity contribution is 7.99. The van der Waals surface area contributed by atoms with E-state index in [1.807, 2.05) is 31.2 Å². The molecule has 0 aliphatic heterocycles. The number of nitrogens with zero attached hydrogens (tertiary/aromatic N) is 3. The van der Waals surface area contributed by atoms with Crippen molar-refractivity contribution < 1.29 is 22.7 Å². The third-order valence-electron chi connectivity index (χ3n) is 3.65. The summed E-state index contributed by atoms with van der Waals surface area (Å²) in [6, 6.07) is 14.2. The van der Waals surface area contributed by atoms with Gasteiger partial charge in [0, 0.05) is 5.69 Å². The molecule has 3 N–H and O–H groups in total. The number of nitrogens with two attached hydrogens (primary N) is 1. The summed E-state index contributed by atoms with van der Waals surface area (Å²) >= 11 is 0.745. The molecule has 0 atom stereocenters. The fraction of sp³-hybridized carbons (Fsp3) is 0.167. The predicted molar refractivity (Wildman–Crippen MR) is 102 cm³/mol. The van der Waals surface area contributed by atoms with Gasteiger partial charge in [0.25, 0.3) is 5.82 Å². The number of aromatic nitrogens is 3. The highest BCUT2D eigenvalue weighted by atomic mass is 32.2. The lowest BCUT2D eigenvalue weighted by Gasteiger charge is -2.08. The number of carbonyl (C=O) groups is 1. The SMILES string of the molecule is Cc1ccc(Oc2ccc(NC(=O)CSc3nnc(C(F)(F)F)n3N)cc2)cc1. The summed E-state index contributed by atoms with van der Waals surface area (Å²) in [5.41, 5.74) is 1.63. The van der Waals surface area contributed by atoms with Crippen molar-refractivity contribution in [2.45, 2.75) is 18.3 Å². The van der Waals surface area contributed by atoms with Crippen molar-refractivity contribution in [2.24, 2.45) is 0 Å². The van der Waals surface area contributed by atoms with Crippen LogP contribution in [0.3, 0.4) is 0 Å². The Balaban J connectivity index is 1.53. The maximum atomic E-state index is 12.6. The lowest BCUT2D eigenvalue weighted by Crippen LogP contribution is -2.22. The van der Waals surface area contributed by atoms with E-state index in [9.17, 15) is 18.0 Å². The Morgan fingerprint density at radius 3 is 2.24 bits per heavy atom. The zero-order valence-corrected chi connectivity index (χ0v) is 15.9. The summed E-state index contributed by atoms with van der Waals surface area (Å²) < 4.78 is 43.9. The highest BCUT2D eigenvalue weighted by Crippen LogP contribution is 2.29. The van der Waals surface area contributed by atoms with Crippen molar-refractivity contribution in [3.05, 3.63) is 59.9 Å². The van der Waals surface area contributed by atoms with E-state index in [0.29, 0.717) is 21.9 Å². The summed E-state index contributed by atoms with van der Waals surface area (Å²) in [5.74, 6) is 4.66. The smallest absolute Gasteiger partial charge is 0.453 e. The molecule has 3 rings (SSSR count). The second kappa shape index (κ2) is 8.43. The molecule has 0 aliphatic carbocycles. The second-order valence-corrected chi connectivity index (χ2v) is 6.89. The van der Waals surface area contributed by atoms with Crippen LogP contribution in [0.1, 0.15) is 11.4 Å². The summed E-state index contributed by atoms with van der Waals surface area (Å²) in [5, 5.41) is 8.76. The van der Waals surface area contributed by atoms with Gasteiger partial charge in [0.2, 0.25) is 11.1 Å². The highest BCUT2D eigenvalue weighted by Gasteiger charge is 2.38. The topological polar surface area (TPSA) is 95.1 Å². The van der Waals surface area contributed by atoms with Crippen LogP contribution in [0.5, 0.6) is 11.5 Å². The van der Waals surface area contributed by atoms with Gasteiger partial charge in [-0.25, -0.2) is 4.68 Å². The number of nitrogens with one attached hydrogen (secondary N) is 1. The maximum absolute atomic E-state index is 12.6. The first-order valence-electron chi connectivity index (χ1n) is 8.27. The number of alkyl halides is 3. The second-order valence-electron chi connectivity index (χ2n) is 5.95. The Hall–Kier alpha value is -3.21.